The van der Waals surface area contributed by atoms with Crippen molar-refractivity contribution in [1.82, 2.24) is 5.32 Å². The first-order valence-corrected chi connectivity index (χ1v) is 14.3. The molecule has 0 aromatic heterocycles. The standard InChI is InChI=1S/C33H39NO5/c1-4-18-38-26-16-12-23(13-17-26)31-30(33(36)39-27-8-6-5-7-9-27)21(2)34-28-19-24(20-29(35)32(28)31)22-10-14-25(37-3)15-11-22/h10-17,24,27,31,34H,4-9,18-20H2,1-3H3/t24-,31+/m1/s1. The molecule has 1 N–H and O–H groups in total. The zero-order valence-corrected chi connectivity index (χ0v) is 23.3. The van der Waals surface area contributed by atoms with Crippen LogP contribution < -0.4 is 14.8 Å². The summed E-state index contributed by atoms with van der Waals surface area (Å²) < 4.78 is 17.2. The van der Waals surface area contributed by atoms with Crippen LogP contribution in [0.5, 0.6) is 11.5 Å². The highest BCUT2D eigenvalue weighted by Gasteiger charge is 2.42. The largest absolute Gasteiger partial charge is 0.497 e. The molecule has 2 aliphatic carbocycles. The summed E-state index contributed by atoms with van der Waals surface area (Å²) in [6.45, 7) is 4.64. The second-order valence-electron chi connectivity index (χ2n) is 10.9. The van der Waals surface area contributed by atoms with Gasteiger partial charge >= 0.3 is 5.97 Å². The number of hydrogen-bond donors (Lipinski definition) is 1. The van der Waals surface area contributed by atoms with E-state index in [0.29, 0.717) is 30.6 Å². The summed E-state index contributed by atoms with van der Waals surface area (Å²) >= 11 is 0. The van der Waals surface area contributed by atoms with Crippen LogP contribution in [0.2, 0.25) is 0 Å². The van der Waals surface area contributed by atoms with E-state index >= 15 is 0 Å². The quantitative estimate of drug-likeness (QED) is 0.383. The SMILES string of the molecule is CCCOc1ccc([C@H]2C(C(=O)OC3CCCCC3)=C(C)NC3=C2C(=O)C[C@H](c2ccc(OC)cc2)C3)cc1. The summed E-state index contributed by atoms with van der Waals surface area (Å²) in [6.07, 6.45) is 7.10. The smallest absolute Gasteiger partial charge is 0.337 e. The Labute approximate surface area is 231 Å². The van der Waals surface area contributed by atoms with Crippen molar-refractivity contribution in [3.8, 4) is 11.5 Å². The fraction of sp³-hybridized carbons (Fsp3) is 0.455. The normalized spacial score (nSPS) is 21.8. The number of carbonyl (C=O) groups is 2. The van der Waals surface area contributed by atoms with Crippen LogP contribution in [0.1, 0.15) is 88.2 Å². The highest BCUT2D eigenvalue weighted by Crippen LogP contribution is 2.46. The number of esters is 1. The summed E-state index contributed by atoms with van der Waals surface area (Å²) in [7, 11) is 1.65. The number of benzene rings is 2. The number of allylic oxidation sites excluding steroid dienone is 3. The molecule has 0 unspecified atom stereocenters. The molecule has 0 spiro atoms. The van der Waals surface area contributed by atoms with E-state index in [-0.39, 0.29) is 23.8 Å². The number of methoxy groups -OCH3 is 1. The Morgan fingerprint density at radius 1 is 0.923 bits per heavy atom. The fourth-order valence-electron chi connectivity index (χ4n) is 6.13. The Morgan fingerprint density at radius 3 is 2.26 bits per heavy atom. The maximum atomic E-state index is 13.9. The summed E-state index contributed by atoms with van der Waals surface area (Å²) in [5.41, 5.74) is 4.89. The van der Waals surface area contributed by atoms with Gasteiger partial charge in [0, 0.05) is 29.3 Å². The molecule has 6 nitrogen and oxygen atoms in total. The van der Waals surface area contributed by atoms with E-state index in [9.17, 15) is 9.59 Å². The van der Waals surface area contributed by atoms with Crippen LogP contribution in [0, 0.1) is 0 Å². The molecule has 1 saturated carbocycles. The Kier molecular flexibility index (Phi) is 8.39. The Bertz CT molecular complexity index is 1250. The second-order valence-corrected chi connectivity index (χ2v) is 10.9. The lowest BCUT2D eigenvalue weighted by molar-refractivity contribution is -0.146. The van der Waals surface area contributed by atoms with Gasteiger partial charge in [0.1, 0.15) is 17.6 Å². The molecular formula is C33H39NO5. The van der Waals surface area contributed by atoms with Gasteiger partial charge < -0.3 is 19.5 Å². The molecule has 6 heteroatoms. The molecular weight excluding hydrogens is 490 g/mol. The van der Waals surface area contributed by atoms with Crippen LogP contribution in [0.3, 0.4) is 0 Å². The zero-order valence-electron chi connectivity index (χ0n) is 23.3. The Balaban J connectivity index is 1.49. The van der Waals surface area contributed by atoms with E-state index in [2.05, 4.69) is 12.2 Å². The number of Topliss-reactive ketones (excluding diaryl/α,β-unsaturated/α-hetero) is 1. The van der Waals surface area contributed by atoms with Gasteiger partial charge in [0.05, 0.1) is 19.3 Å². The highest BCUT2D eigenvalue weighted by atomic mass is 16.5. The zero-order chi connectivity index (χ0) is 27.4. The lowest BCUT2D eigenvalue weighted by Gasteiger charge is -2.37. The van der Waals surface area contributed by atoms with Gasteiger partial charge in [0.25, 0.3) is 0 Å². The third-order valence-electron chi connectivity index (χ3n) is 8.15. The van der Waals surface area contributed by atoms with E-state index in [1.807, 2.05) is 55.5 Å². The highest BCUT2D eigenvalue weighted by molar-refractivity contribution is 6.04. The molecule has 2 aromatic carbocycles. The molecule has 0 amide bonds. The van der Waals surface area contributed by atoms with Crippen molar-refractivity contribution in [1.29, 1.82) is 0 Å². The van der Waals surface area contributed by atoms with Crippen LogP contribution in [0.25, 0.3) is 0 Å². The topological polar surface area (TPSA) is 73.9 Å². The van der Waals surface area contributed by atoms with Crippen molar-refractivity contribution in [3.05, 3.63) is 82.2 Å². The number of carbonyl (C=O) groups excluding carboxylic acids is 2. The van der Waals surface area contributed by atoms with E-state index in [1.54, 1.807) is 7.11 Å². The van der Waals surface area contributed by atoms with Gasteiger partial charge in [-0.3, -0.25) is 4.79 Å². The molecule has 1 heterocycles. The molecule has 1 fully saturated rings. The molecule has 0 radical (unpaired) electrons. The molecule has 0 bridgehead atoms. The number of rotatable bonds is 8. The summed E-state index contributed by atoms with van der Waals surface area (Å²) in [4.78, 5) is 27.6. The number of nitrogens with one attached hydrogen (secondary N) is 1. The van der Waals surface area contributed by atoms with Crippen LogP contribution in [-0.4, -0.2) is 31.6 Å². The Morgan fingerprint density at radius 2 is 1.59 bits per heavy atom. The maximum absolute atomic E-state index is 13.9. The average molecular weight is 530 g/mol. The third kappa shape index (κ3) is 5.90. The molecule has 3 aliphatic rings. The van der Waals surface area contributed by atoms with Gasteiger partial charge in [0.15, 0.2) is 5.78 Å². The summed E-state index contributed by atoms with van der Waals surface area (Å²) in [5, 5.41) is 3.47. The predicted molar refractivity (Wildman–Crippen MR) is 151 cm³/mol. The van der Waals surface area contributed by atoms with Crippen LogP contribution >= 0.6 is 0 Å². The van der Waals surface area contributed by atoms with Gasteiger partial charge in [0.2, 0.25) is 0 Å². The fourth-order valence-corrected chi connectivity index (χ4v) is 6.13. The van der Waals surface area contributed by atoms with E-state index in [0.717, 1.165) is 66.1 Å². The minimum Gasteiger partial charge on any atom is -0.497 e. The van der Waals surface area contributed by atoms with E-state index < -0.39 is 5.92 Å². The van der Waals surface area contributed by atoms with Crippen molar-refractivity contribution in [2.24, 2.45) is 0 Å². The molecule has 2 atom stereocenters. The number of dihydropyridines is 1. The average Bonchev–Trinajstić information content (AvgIpc) is 2.96. The maximum Gasteiger partial charge on any atom is 0.337 e. The van der Waals surface area contributed by atoms with Crippen molar-refractivity contribution >= 4 is 11.8 Å². The van der Waals surface area contributed by atoms with E-state index in [1.165, 1.54) is 6.42 Å². The number of hydrogen-bond acceptors (Lipinski definition) is 6. The summed E-state index contributed by atoms with van der Waals surface area (Å²) in [6, 6.07) is 15.8. The van der Waals surface area contributed by atoms with Crippen molar-refractivity contribution in [2.75, 3.05) is 13.7 Å². The minimum absolute atomic E-state index is 0.0590. The second kappa shape index (κ2) is 12.1. The van der Waals surface area contributed by atoms with Gasteiger partial charge in [-0.2, -0.15) is 0 Å². The first-order chi connectivity index (χ1) is 19.0. The molecule has 39 heavy (non-hydrogen) atoms. The van der Waals surface area contributed by atoms with Crippen LogP contribution in [0.15, 0.2) is 71.1 Å². The molecule has 1 aliphatic heterocycles. The lowest BCUT2D eigenvalue weighted by Crippen LogP contribution is -2.37. The third-order valence-corrected chi connectivity index (χ3v) is 8.15. The van der Waals surface area contributed by atoms with Crippen molar-refractivity contribution < 1.29 is 23.8 Å². The predicted octanol–water partition coefficient (Wildman–Crippen LogP) is 6.72. The van der Waals surface area contributed by atoms with Gasteiger partial charge in [-0.25, -0.2) is 4.79 Å². The van der Waals surface area contributed by atoms with Gasteiger partial charge in [-0.1, -0.05) is 37.6 Å². The van der Waals surface area contributed by atoms with Gasteiger partial charge in [-0.05, 0) is 86.8 Å². The molecule has 206 valence electrons. The van der Waals surface area contributed by atoms with Crippen molar-refractivity contribution in [2.45, 2.75) is 83.2 Å². The van der Waals surface area contributed by atoms with Crippen molar-refractivity contribution in [3.63, 3.8) is 0 Å². The summed E-state index contributed by atoms with van der Waals surface area (Å²) in [5.74, 6) is 0.912. The lowest BCUT2D eigenvalue weighted by atomic mass is 9.71. The Hall–Kier alpha value is -3.54. The molecule has 5 rings (SSSR count). The first kappa shape index (κ1) is 27.0. The van der Waals surface area contributed by atoms with Gasteiger partial charge in [-0.15, -0.1) is 0 Å². The molecule has 0 saturated heterocycles. The minimum atomic E-state index is -0.470. The number of ether oxygens (including phenoxy) is 3. The van der Waals surface area contributed by atoms with Crippen LogP contribution in [0.4, 0.5) is 0 Å². The first-order valence-electron chi connectivity index (χ1n) is 14.3. The monoisotopic (exact) mass is 529 g/mol. The molecule has 2 aromatic rings. The van der Waals surface area contributed by atoms with Crippen LogP contribution in [-0.2, 0) is 14.3 Å². The number of ketones is 1. The van der Waals surface area contributed by atoms with E-state index in [4.69, 9.17) is 14.2 Å².